The van der Waals surface area contributed by atoms with Gasteiger partial charge in [-0.25, -0.2) is 9.97 Å². The molecule has 0 unspecified atom stereocenters. The van der Waals surface area contributed by atoms with Crippen LogP contribution in [0.5, 0.6) is 0 Å². The Bertz CT molecular complexity index is 354. The Kier molecular flexibility index (Phi) is 4.96. The molecule has 16 heavy (non-hydrogen) atoms. The normalized spacial score (nSPS) is 10.9. The topological polar surface area (TPSA) is 41.0 Å². The lowest BCUT2D eigenvalue weighted by Gasteiger charge is -2.15. The van der Waals surface area contributed by atoms with Crippen molar-refractivity contribution >= 4 is 17.4 Å². The summed E-state index contributed by atoms with van der Waals surface area (Å²) in [5.41, 5.74) is 0.909. The number of anilines is 1. The van der Waals surface area contributed by atoms with Crippen LogP contribution in [0.1, 0.15) is 18.3 Å². The van der Waals surface area contributed by atoms with Gasteiger partial charge in [-0.2, -0.15) is 0 Å². The number of likely N-dealkylation sites (N-methyl/N-ethyl adjacent to an activating group) is 1. The number of rotatable bonds is 5. The zero-order valence-corrected chi connectivity index (χ0v) is 11.1. The highest BCUT2D eigenvalue weighted by Crippen LogP contribution is 2.19. The van der Waals surface area contributed by atoms with Crippen LogP contribution >= 0.6 is 11.6 Å². The van der Waals surface area contributed by atoms with E-state index < -0.39 is 0 Å². The van der Waals surface area contributed by atoms with E-state index in [1.165, 1.54) is 0 Å². The van der Waals surface area contributed by atoms with Gasteiger partial charge in [-0.15, -0.1) is 0 Å². The first kappa shape index (κ1) is 13.2. The summed E-state index contributed by atoms with van der Waals surface area (Å²) in [4.78, 5) is 10.7. The molecule has 1 rings (SSSR count). The van der Waals surface area contributed by atoms with Gasteiger partial charge in [0.15, 0.2) is 0 Å². The predicted octanol–water partition coefficient (Wildman–Crippen LogP) is 2.11. The molecule has 90 valence electrons. The second-order valence-electron chi connectivity index (χ2n) is 3.86. The molecule has 0 aliphatic carbocycles. The molecule has 0 spiro atoms. The molecule has 0 amide bonds. The Morgan fingerprint density at radius 1 is 1.31 bits per heavy atom. The van der Waals surface area contributed by atoms with Crippen LogP contribution in [0.2, 0.25) is 5.15 Å². The minimum absolute atomic E-state index is 0.527. The van der Waals surface area contributed by atoms with Crippen LogP contribution < -0.4 is 5.32 Å². The predicted molar refractivity (Wildman–Crippen MR) is 68.2 cm³/mol. The quantitative estimate of drug-likeness (QED) is 0.803. The molecule has 4 nitrogen and oxygen atoms in total. The standard InChI is InChI=1S/C11H19ClN4/c1-5-16(4)7-6-13-11-8(2)10(12)14-9(3)15-11/h5-7H2,1-4H3,(H,13,14,15). The highest BCUT2D eigenvalue weighted by molar-refractivity contribution is 6.30. The summed E-state index contributed by atoms with van der Waals surface area (Å²) < 4.78 is 0. The van der Waals surface area contributed by atoms with E-state index in [-0.39, 0.29) is 0 Å². The third kappa shape index (κ3) is 3.61. The minimum Gasteiger partial charge on any atom is -0.368 e. The van der Waals surface area contributed by atoms with Crippen molar-refractivity contribution in [2.75, 3.05) is 32.0 Å². The van der Waals surface area contributed by atoms with Crippen LogP contribution in [0.4, 0.5) is 5.82 Å². The molecule has 0 atom stereocenters. The van der Waals surface area contributed by atoms with Gasteiger partial charge in [0.2, 0.25) is 0 Å². The minimum atomic E-state index is 0.527. The third-order valence-electron chi connectivity index (χ3n) is 2.52. The maximum atomic E-state index is 5.99. The van der Waals surface area contributed by atoms with Gasteiger partial charge in [0.05, 0.1) is 0 Å². The molecule has 0 fully saturated rings. The molecular formula is C11H19ClN4. The monoisotopic (exact) mass is 242 g/mol. The summed E-state index contributed by atoms with van der Waals surface area (Å²) in [7, 11) is 2.09. The number of hydrogen-bond donors (Lipinski definition) is 1. The molecule has 0 radical (unpaired) electrons. The average Bonchev–Trinajstić information content (AvgIpc) is 2.24. The summed E-state index contributed by atoms with van der Waals surface area (Å²) in [6.45, 7) is 8.79. The van der Waals surface area contributed by atoms with Crippen molar-refractivity contribution in [1.29, 1.82) is 0 Å². The van der Waals surface area contributed by atoms with Crippen molar-refractivity contribution in [3.05, 3.63) is 16.5 Å². The largest absolute Gasteiger partial charge is 0.368 e. The Labute approximate surface area is 102 Å². The van der Waals surface area contributed by atoms with Gasteiger partial charge in [-0.05, 0) is 27.4 Å². The van der Waals surface area contributed by atoms with Crippen molar-refractivity contribution in [1.82, 2.24) is 14.9 Å². The third-order valence-corrected chi connectivity index (χ3v) is 2.89. The van der Waals surface area contributed by atoms with Crippen LogP contribution in [0.25, 0.3) is 0 Å². The molecule has 0 aliphatic rings. The second kappa shape index (κ2) is 6.01. The molecule has 1 heterocycles. The fourth-order valence-corrected chi connectivity index (χ4v) is 1.50. The molecule has 0 aromatic carbocycles. The first-order valence-electron chi connectivity index (χ1n) is 5.47. The molecule has 1 aromatic heterocycles. The van der Waals surface area contributed by atoms with E-state index in [1.54, 1.807) is 0 Å². The smallest absolute Gasteiger partial charge is 0.137 e. The fraction of sp³-hybridized carbons (Fsp3) is 0.636. The first-order chi connectivity index (χ1) is 7.54. The number of nitrogens with one attached hydrogen (secondary N) is 1. The second-order valence-corrected chi connectivity index (χ2v) is 4.22. The lowest BCUT2D eigenvalue weighted by Crippen LogP contribution is -2.25. The lowest BCUT2D eigenvalue weighted by atomic mass is 10.3. The van der Waals surface area contributed by atoms with E-state index in [9.17, 15) is 0 Å². The summed E-state index contributed by atoms with van der Waals surface area (Å²) in [6, 6.07) is 0. The van der Waals surface area contributed by atoms with E-state index >= 15 is 0 Å². The zero-order valence-electron chi connectivity index (χ0n) is 10.3. The lowest BCUT2D eigenvalue weighted by molar-refractivity contribution is 0.367. The van der Waals surface area contributed by atoms with E-state index in [0.29, 0.717) is 11.0 Å². The summed E-state index contributed by atoms with van der Waals surface area (Å²) in [5.74, 6) is 1.53. The van der Waals surface area contributed by atoms with E-state index in [4.69, 9.17) is 11.6 Å². The van der Waals surface area contributed by atoms with Crippen molar-refractivity contribution in [3.63, 3.8) is 0 Å². The zero-order chi connectivity index (χ0) is 12.1. The molecule has 0 bridgehead atoms. The van der Waals surface area contributed by atoms with Crippen molar-refractivity contribution < 1.29 is 0 Å². The Balaban J connectivity index is 2.60. The van der Waals surface area contributed by atoms with Gasteiger partial charge in [0.25, 0.3) is 0 Å². The van der Waals surface area contributed by atoms with Gasteiger partial charge in [-0.3, -0.25) is 0 Å². The fourth-order valence-electron chi connectivity index (χ4n) is 1.29. The van der Waals surface area contributed by atoms with Gasteiger partial charge in [-0.1, -0.05) is 18.5 Å². The molecule has 5 heteroatoms. The molecule has 0 saturated heterocycles. The van der Waals surface area contributed by atoms with Gasteiger partial charge in [0.1, 0.15) is 16.8 Å². The summed E-state index contributed by atoms with van der Waals surface area (Å²) >= 11 is 5.99. The summed E-state index contributed by atoms with van der Waals surface area (Å²) in [6.07, 6.45) is 0. The summed E-state index contributed by atoms with van der Waals surface area (Å²) in [5, 5.41) is 3.81. The number of aryl methyl sites for hydroxylation is 1. The van der Waals surface area contributed by atoms with Gasteiger partial charge < -0.3 is 10.2 Å². The van der Waals surface area contributed by atoms with Gasteiger partial charge >= 0.3 is 0 Å². The van der Waals surface area contributed by atoms with Crippen LogP contribution in [-0.2, 0) is 0 Å². The number of nitrogens with zero attached hydrogens (tertiary/aromatic N) is 3. The van der Waals surface area contributed by atoms with Crippen molar-refractivity contribution in [3.8, 4) is 0 Å². The van der Waals surface area contributed by atoms with E-state index in [1.807, 2.05) is 13.8 Å². The molecule has 1 aromatic rings. The molecule has 1 N–H and O–H groups in total. The highest BCUT2D eigenvalue weighted by Gasteiger charge is 2.06. The molecule has 0 saturated carbocycles. The van der Waals surface area contributed by atoms with Crippen LogP contribution in [-0.4, -0.2) is 41.5 Å². The van der Waals surface area contributed by atoms with Crippen LogP contribution in [0, 0.1) is 13.8 Å². The van der Waals surface area contributed by atoms with Crippen molar-refractivity contribution in [2.24, 2.45) is 0 Å². The first-order valence-corrected chi connectivity index (χ1v) is 5.85. The maximum Gasteiger partial charge on any atom is 0.137 e. The number of aromatic nitrogens is 2. The van der Waals surface area contributed by atoms with Gasteiger partial charge in [0, 0.05) is 18.7 Å². The van der Waals surface area contributed by atoms with E-state index in [2.05, 4.69) is 34.2 Å². The number of halogens is 1. The SMILES string of the molecule is CCN(C)CCNc1nc(C)nc(Cl)c1C. The average molecular weight is 243 g/mol. The Hall–Kier alpha value is -0.870. The Morgan fingerprint density at radius 2 is 2.00 bits per heavy atom. The number of hydrogen-bond acceptors (Lipinski definition) is 4. The van der Waals surface area contributed by atoms with Crippen LogP contribution in [0.3, 0.4) is 0 Å². The van der Waals surface area contributed by atoms with Crippen LogP contribution in [0.15, 0.2) is 0 Å². The Morgan fingerprint density at radius 3 is 2.62 bits per heavy atom. The van der Waals surface area contributed by atoms with Crippen molar-refractivity contribution in [2.45, 2.75) is 20.8 Å². The molecular weight excluding hydrogens is 224 g/mol. The maximum absolute atomic E-state index is 5.99. The van der Waals surface area contributed by atoms with E-state index in [0.717, 1.165) is 31.0 Å². The highest BCUT2D eigenvalue weighted by atomic mass is 35.5. The molecule has 0 aliphatic heterocycles.